The van der Waals surface area contributed by atoms with E-state index in [4.69, 9.17) is 11.6 Å². The lowest BCUT2D eigenvalue weighted by molar-refractivity contribution is 0.441. The molecule has 0 aliphatic rings. The molecular formula is C17H13ClN2O2S. The second-order valence-corrected chi connectivity index (χ2v) is 6.20. The van der Waals surface area contributed by atoms with Crippen molar-refractivity contribution in [3.63, 3.8) is 0 Å². The second kappa shape index (κ2) is 6.89. The average molecular weight is 345 g/mol. The summed E-state index contributed by atoms with van der Waals surface area (Å²) in [6, 6.07) is 17.8. The summed E-state index contributed by atoms with van der Waals surface area (Å²) in [4.78, 5) is 16.3. The van der Waals surface area contributed by atoms with Crippen molar-refractivity contribution in [1.82, 2.24) is 9.55 Å². The lowest BCUT2D eigenvalue weighted by atomic mass is 10.2. The van der Waals surface area contributed by atoms with Gasteiger partial charge in [0.1, 0.15) is 0 Å². The Morgan fingerprint density at radius 1 is 1.09 bits per heavy atom. The number of aromatic nitrogens is 2. The lowest BCUT2D eigenvalue weighted by Crippen LogP contribution is -2.20. The maximum Gasteiger partial charge on any atom is 0.262 e. The fraction of sp³-hybridized carbons (Fsp3) is 0.0588. The number of thioether (sulfide) groups is 1. The number of nitrogens with zero attached hydrogens (tertiary/aromatic N) is 2. The van der Waals surface area contributed by atoms with Crippen molar-refractivity contribution < 1.29 is 5.11 Å². The molecule has 0 radical (unpaired) electrons. The van der Waals surface area contributed by atoms with Gasteiger partial charge in [-0.15, -0.1) is 0 Å². The highest BCUT2D eigenvalue weighted by atomic mass is 35.5. The molecule has 0 aliphatic heterocycles. The van der Waals surface area contributed by atoms with Crippen LogP contribution in [0.15, 0.2) is 70.6 Å². The van der Waals surface area contributed by atoms with Gasteiger partial charge in [-0.3, -0.25) is 9.36 Å². The quantitative estimate of drug-likeness (QED) is 0.576. The fourth-order valence-corrected chi connectivity index (χ4v) is 3.19. The smallest absolute Gasteiger partial charge is 0.262 e. The van der Waals surface area contributed by atoms with Gasteiger partial charge < -0.3 is 5.11 Å². The van der Waals surface area contributed by atoms with E-state index < -0.39 is 0 Å². The van der Waals surface area contributed by atoms with Crippen LogP contribution in [-0.2, 0) is 5.75 Å². The normalized spacial score (nSPS) is 10.7. The summed E-state index contributed by atoms with van der Waals surface area (Å²) in [7, 11) is 0. The number of benzene rings is 2. The topological polar surface area (TPSA) is 55.1 Å². The van der Waals surface area contributed by atoms with E-state index in [-0.39, 0.29) is 11.4 Å². The van der Waals surface area contributed by atoms with Crippen LogP contribution in [0.5, 0.6) is 5.88 Å². The third-order valence-corrected chi connectivity index (χ3v) is 4.43. The molecule has 0 atom stereocenters. The van der Waals surface area contributed by atoms with Crippen LogP contribution in [-0.4, -0.2) is 14.7 Å². The minimum atomic E-state index is -0.317. The van der Waals surface area contributed by atoms with E-state index >= 15 is 0 Å². The zero-order valence-electron chi connectivity index (χ0n) is 12.0. The van der Waals surface area contributed by atoms with Crippen molar-refractivity contribution in [3.8, 4) is 11.6 Å². The van der Waals surface area contributed by atoms with E-state index in [1.807, 2.05) is 54.6 Å². The van der Waals surface area contributed by atoms with Crippen LogP contribution in [0.25, 0.3) is 5.69 Å². The molecule has 1 heterocycles. The van der Waals surface area contributed by atoms with E-state index in [0.717, 1.165) is 11.6 Å². The first-order chi connectivity index (χ1) is 11.1. The number of para-hydroxylation sites is 1. The second-order valence-electron chi connectivity index (χ2n) is 4.82. The molecule has 0 fully saturated rings. The average Bonchev–Trinajstić information content (AvgIpc) is 2.54. The number of hydrogen-bond donors (Lipinski definition) is 1. The molecule has 3 rings (SSSR count). The van der Waals surface area contributed by atoms with Gasteiger partial charge >= 0.3 is 0 Å². The van der Waals surface area contributed by atoms with Gasteiger partial charge in [-0.1, -0.05) is 53.7 Å². The summed E-state index contributed by atoms with van der Waals surface area (Å²) in [6.45, 7) is 0. The molecule has 0 unspecified atom stereocenters. The minimum absolute atomic E-state index is 0.277. The zero-order chi connectivity index (χ0) is 16.2. The number of rotatable bonds is 4. The van der Waals surface area contributed by atoms with Crippen molar-refractivity contribution in [2.75, 3.05) is 0 Å². The molecule has 0 saturated heterocycles. The highest BCUT2D eigenvalue weighted by Gasteiger charge is 2.11. The molecule has 23 heavy (non-hydrogen) atoms. The maximum atomic E-state index is 12.2. The first kappa shape index (κ1) is 15.6. The summed E-state index contributed by atoms with van der Waals surface area (Å²) in [5.74, 6) is 0.334. The molecule has 0 aliphatic carbocycles. The van der Waals surface area contributed by atoms with Crippen molar-refractivity contribution >= 4 is 23.4 Å². The minimum Gasteiger partial charge on any atom is -0.493 e. The zero-order valence-corrected chi connectivity index (χ0v) is 13.6. The number of aromatic hydroxyl groups is 1. The third kappa shape index (κ3) is 3.75. The van der Waals surface area contributed by atoms with Gasteiger partial charge in [0.15, 0.2) is 5.16 Å². The first-order valence-corrected chi connectivity index (χ1v) is 8.25. The van der Waals surface area contributed by atoms with Crippen LogP contribution in [0.4, 0.5) is 0 Å². The van der Waals surface area contributed by atoms with Crippen LogP contribution >= 0.6 is 23.4 Å². The van der Waals surface area contributed by atoms with E-state index in [2.05, 4.69) is 4.98 Å². The third-order valence-electron chi connectivity index (χ3n) is 3.17. The molecule has 116 valence electrons. The van der Waals surface area contributed by atoms with Crippen LogP contribution in [0, 0.1) is 0 Å². The molecule has 3 aromatic rings. The van der Waals surface area contributed by atoms with Crippen LogP contribution in [0.2, 0.25) is 5.02 Å². The summed E-state index contributed by atoms with van der Waals surface area (Å²) < 4.78 is 1.49. The van der Waals surface area contributed by atoms with Gasteiger partial charge in [-0.25, -0.2) is 0 Å². The Kier molecular flexibility index (Phi) is 4.69. The molecular weight excluding hydrogens is 332 g/mol. The lowest BCUT2D eigenvalue weighted by Gasteiger charge is -2.11. The molecule has 1 aromatic heterocycles. The van der Waals surface area contributed by atoms with Gasteiger partial charge in [-0.2, -0.15) is 4.98 Å². The molecule has 4 nitrogen and oxygen atoms in total. The molecule has 0 bridgehead atoms. The summed E-state index contributed by atoms with van der Waals surface area (Å²) in [5, 5.41) is 10.8. The standard InChI is InChI=1S/C17H13ClN2O2S/c18-13-8-6-12(7-9-13)11-23-17-19-15(21)10-16(22)20(17)14-4-2-1-3-5-14/h1-10,21H,11H2. The van der Waals surface area contributed by atoms with Gasteiger partial charge in [0.05, 0.1) is 11.8 Å². The Balaban J connectivity index is 1.95. The molecule has 1 N–H and O–H groups in total. The summed E-state index contributed by atoms with van der Waals surface area (Å²) in [6.07, 6.45) is 0. The van der Waals surface area contributed by atoms with Gasteiger partial charge in [-0.05, 0) is 29.8 Å². The van der Waals surface area contributed by atoms with Crippen molar-refractivity contribution in [2.24, 2.45) is 0 Å². The summed E-state index contributed by atoms with van der Waals surface area (Å²) >= 11 is 7.26. The Morgan fingerprint density at radius 2 is 1.78 bits per heavy atom. The fourth-order valence-electron chi connectivity index (χ4n) is 2.09. The summed E-state index contributed by atoms with van der Waals surface area (Å²) in [5.41, 5.74) is 1.45. The van der Waals surface area contributed by atoms with Crippen molar-refractivity contribution in [3.05, 3.63) is 81.6 Å². The van der Waals surface area contributed by atoms with Crippen molar-refractivity contribution in [2.45, 2.75) is 10.9 Å². The monoisotopic (exact) mass is 344 g/mol. The molecule has 0 amide bonds. The Hall–Kier alpha value is -2.24. The van der Waals surface area contributed by atoms with E-state index in [9.17, 15) is 9.90 Å². The van der Waals surface area contributed by atoms with Crippen LogP contribution in [0.1, 0.15) is 5.56 Å². The Labute approximate surface area is 142 Å². The molecule has 0 spiro atoms. The van der Waals surface area contributed by atoms with Crippen molar-refractivity contribution in [1.29, 1.82) is 0 Å². The number of hydrogen-bond acceptors (Lipinski definition) is 4. The van der Waals surface area contributed by atoms with Gasteiger partial charge in [0, 0.05) is 10.8 Å². The predicted molar refractivity (Wildman–Crippen MR) is 92.5 cm³/mol. The SMILES string of the molecule is O=c1cc(O)nc(SCc2ccc(Cl)cc2)n1-c1ccccc1. The van der Waals surface area contributed by atoms with Gasteiger partial charge in [0.25, 0.3) is 5.56 Å². The van der Waals surface area contributed by atoms with E-state index in [1.54, 1.807) is 0 Å². The van der Waals surface area contributed by atoms with E-state index in [1.165, 1.54) is 16.3 Å². The predicted octanol–water partition coefficient (Wildman–Crippen LogP) is 3.88. The highest BCUT2D eigenvalue weighted by molar-refractivity contribution is 7.98. The van der Waals surface area contributed by atoms with Crippen LogP contribution < -0.4 is 5.56 Å². The molecule has 6 heteroatoms. The van der Waals surface area contributed by atoms with Crippen LogP contribution in [0.3, 0.4) is 0 Å². The number of halogens is 1. The van der Waals surface area contributed by atoms with Gasteiger partial charge in [0.2, 0.25) is 5.88 Å². The largest absolute Gasteiger partial charge is 0.493 e. The molecule has 2 aromatic carbocycles. The Morgan fingerprint density at radius 3 is 2.48 bits per heavy atom. The first-order valence-electron chi connectivity index (χ1n) is 6.89. The Bertz CT molecular complexity index is 864. The maximum absolute atomic E-state index is 12.2. The molecule has 0 saturated carbocycles. The highest BCUT2D eigenvalue weighted by Crippen LogP contribution is 2.24. The van der Waals surface area contributed by atoms with E-state index in [0.29, 0.717) is 21.6 Å².